The fourth-order valence-electron chi connectivity index (χ4n) is 3.89. The van der Waals surface area contributed by atoms with E-state index in [1.165, 1.54) is 41.5 Å². The van der Waals surface area contributed by atoms with E-state index in [0.717, 1.165) is 43.9 Å². The average molecular weight is 430 g/mol. The molecule has 0 aromatic heterocycles. The summed E-state index contributed by atoms with van der Waals surface area (Å²) in [5.74, 6) is 1.52. The molecule has 2 nitrogen and oxygen atoms in total. The first-order valence-corrected chi connectivity index (χ1v) is 12.3. The predicted octanol–water partition coefficient (Wildman–Crippen LogP) is 8.48. The summed E-state index contributed by atoms with van der Waals surface area (Å²) in [7, 11) is 0. The molecule has 0 spiro atoms. The predicted molar refractivity (Wildman–Crippen MR) is 139 cm³/mol. The molecule has 0 radical (unpaired) electrons. The van der Waals surface area contributed by atoms with Gasteiger partial charge in [0.2, 0.25) is 0 Å². The fourth-order valence-corrected chi connectivity index (χ4v) is 3.89. The van der Waals surface area contributed by atoms with Crippen molar-refractivity contribution in [3.63, 3.8) is 0 Å². The number of nitrogens with one attached hydrogen (secondary N) is 1. The minimum absolute atomic E-state index is 0.552. The lowest BCUT2D eigenvalue weighted by molar-refractivity contribution is 0.307. The second-order valence-corrected chi connectivity index (χ2v) is 8.91. The Bertz CT molecular complexity index is 915. The fraction of sp³-hybridized carbons (Fsp3) is 0.400. The van der Waals surface area contributed by atoms with Crippen molar-refractivity contribution in [2.75, 3.05) is 18.5 Å². The van der Waals surface area contributed by atoms with Crippen molar-refractivity contribution in [2.45, 2.75) is 65.2 Å². The minimum atomic E-state index is 0.552. The molecule has 0 atom stereocenters. The van der Waals surface area contributed by atoms with Crippen LogP contribution in [0.5, 0.6) is 5.75 Å². The number of benzene rings is 3. The van der Waals surface area contributed by atoms with Gasteiger partial charge in [-0.3, -0.25) is 0 Å². The number of ether oxygens (including phenoxy) is 1. The summed E-state index contributed by atoms with van der Waals surface area (Å²) in [4.78, 5) is 0. The first-order valence-electron chi connectivity index (χ1n) is 12.3. The van der Waals surface area contributed by atoms with Crippen LogP contribution in [-0.4, -0.2) is 13.2 Å². The summed E-state index contributed by atoms with van der Waals surface area (Å²) in [5, 5.41) is 3.66. The van der Waals surface area contributed by atoms with E-state index < -0.39 is 0 Å². The van der Waals surface area contributed by atoms with Gasteiger partial charge in [-0.05, 0) is 66.0 Å². The Morgan fingerprint density at radius 1 is 0.781 bits per heavy atom. The summed E-state index contributed by atoms with van der Waals surface area (Å²) in [6, 6.07) is 26.2. The Balaban J connectivity index is 1.64. The Morgan fingerprint density at radius 2 is 1.53 bits per heavy atom. The smallest absolute Gasteiger partial charge is 0.142 e. The molecule has 170 valence electrons. The molecular formula is C30H39NO. The number of aryl methyl sites for hydroxylation is 1. The molecule has 1 N–H and O–H groups in total. The van der Waals surface area contributed by atoms with Crippen LogP contribution in [0, 0.1) is 0 Å². The highest BCUT2D eigenvalue weighted by Crippen LogP contribution is 2.32. The standard InChI is InChI=1S/C30H39NO/c1-4-5-11-22-32-30-20-19-28(27-17-15-26(16-18-27)24(2)3)23-29(30)31-21-10-9-14-25-12-7-6-8-13-25/h6-8,12-13,15-20,23-24,31H,4-5,9-11,14,21-22H2,1-3H3. The third-order valence-corrected chi connectivity index (χ3v) is 5.95. The topological polar surface area (TPSA) is 21.3 Å². The number of hydrogen-bond acceptors (Lipinski definition) is 2. The maximum absolute atomic E-state index is 6.14. The van der Waals surface area contributed by atoms with Crippen LogP contribution in [0.4, 0.5) is 5.69 Å². The van der Waals surface area contributed by atoms with Gasteiger partial charge in [0.1, 0.15) is 5.75 Å². The van der Waals surface area contributed by atoms with Gasteiger partial charge in [0, 0.05) is 6.54 Å². The number of hydrogen-bond donors (Lipinski definition) is 1. The molecule has 2 heteroatoms. The van der Waals surface area contributed by atoms with Gasteiger partial charge >= 0.3 is 0 Å². The molecule has 0 saturated carbocycles. The summed E-state index contributed by atoms with van der Waals surface area (Å²) in [6.07, 6.45) is 6.97. The largest absolute Gasteiger partial charge is 0.491 e. The molecule has 0 bridgehead atoms. The van der Waals surface area contributed by atoms with E-state index in [9.17, 15) is 0 Å². The van der Waals surface area contributed by atoms with Gasteiger partial charge in [-0.25, -0.2) is 0 Å². The minimum Gasteiger partial charge on any atom is -0.491 e. The lowest BCUT2D eigenvalue weighted by atomic mass is 9.98. The lowest BCUT2D eigenvalue weighted by Crippen LogP contribution is -2.06. The first-order chi connectivity index (χ1) is 15.7. The van der Waals surface area contributed by atoms with Gasteiger partial charge in [-0.15, -0.1) is 0 Å². The van der Waals surface area contributed by atoms with Crippen LogP contribution in [-0.2, 0) is 6.42 Å². The van der Waals surface area contributed by atoms with Crippen LogP contribution < -0.4 is 10.1 Å². The van der Waals surface area contributed by atoms with E-state index in [4.69, 9.17) is 4.74 Å². The highest BCUT2D eigenvalue weighted by atomic mass is 16.5. The third-order valence-electron chi connectivity index (χ3n) is 5.95. The van der Waals surface area contributed by atoms with Crippen LogP contribution in [0.3, 0.4) is 0 Å². The van der Waals surface area contributed by atoms with Crippen molar-refractivity contribution in [2.24, 2.45) is 0 Å². The molecule has 0 saturated heterocycles. The Labute approximate surface area is 195 Å². The monoisotopic (exact) mass is 429 g/mol. The van der Waals surface area contributed by atoms with Crippen molar-refractivity contribution in [3.05, 3.63) is 83.9 Å². The molecule has 0 amide bonds. The van der Waals surface area contributed by atoms with E-state index in [1.54, 1.807) is 0 Å². The molecule has 0 aliphatic carbocycles. The molecule has 0 unspecified atom stereocenters. The SMILES string of the molecule is CCCCCOc1ccc(-c2ccc(C(C)C)cc2)cc1NCCCCc1ccccc1. The van der Waals surface area contributed by atoms with Crippen molar-refractivity contribution < 1.29 is 4.74 Å². The second-order valence-electron chi connectivity index (χ2n) is 8.91. The molecule has 0 fully saturated rings. The molecule has 0 aliphatic rings. The normalized spacial score (nSPS) is 11.0. The number of rotatable bonds is 13. The molecular weight excluding hydrogens is 390 g/mol. The van der Waals surface area contributed by atoms with Crippen molar-refractivity contribution in [3.8, 4) is 16.9 Å². The zero-order valence-corrected chi connectivity index (χ0v) is 20.1. The van der Waals surface area contributed by atoms with E-state index in [-0.39, 0.29) is 0 Å². The lowest BCUT2D eigenvalue weighted by Gasteiger charge is -2.16. The van der Waals surface area contributed by atoms with Crippen LogP contribution in [0.25, 0.3) is 11.1 Å². The quantitative estimate of drug-likeness (QED) is 0.275. The van der Waals surface area contributed by atoms with Gasteiger partial charge in [0.15, 0.2) is 0 Å². The number of unbranched alkanes of at least 4 members (excludes halogenated alkanes) is 3. The van der Waals surface area contributed by atoms with E-state index in [0.29, 0.717) is 5.92 Å². The maximum Gasteiger partial charge on any atom is 0.142 e. The van der Waals surface area contributed by atoms with Gasteiger partial charge < -0.3 is 10.1 Å². The molecule has 32 heavy (non-hydrogen) atoms. The maximum atomic E-state index is 6.14. The molecule has 0 aliphatic heterocycles. The molecule has 0 heterocycles. The zero-order chi connectivity index (χ0) is 22.6. The summed E-state index contributed by atoms with van der Waals surface area (Å²) in [5.41, 5.74) is 6.37. The average Bonchev–Trinajstić information content (AvgIpc) is 2.83. The Hall–Kier alpha value is -2.74. The second kappa shape index (κ2) is 13.0. The summed E-state index contributed by atoms with van der Waals surface area (Å²) < 4.78 is 6.14. The van der Waals surface area contributed by atoms with Crippen LogP contribution in [0.15, 0.2) is 72.8 Å². The summed E-state index contributed by atoms with van der Waals surface area (Å²) >= 11 is 0. The third kappa shape index (κ3) is 7.44. The van der Waals surface area contributed by atoms with E-state index in [1.807, 2.05) is 0 Å². The highest BCUT2D eigenvalue weighted by molar-refractivity contribution is 5.72. The van der Waals surface area contributed by atoms with Gasteiger partial charge in [-0.1, -0.05) is 94.3 Å². The highest BCUT2D eigenvalue weighted by Gasteiger charge is 2.08. The number of anilines is 1. The van der Waals surface area contributed by atoms with E-state index >= 15 is 0 Å². The Kier molecular flexibility index (Phi) is 9.68. The zero-order valence-electron chi connectivity index (χ0n) is 20.1. The van der Waals surface area contributed by atoms with Crippen LogP contribution in [0.1, 0.15) is 69.9 Å². The molecule has 3 aromatic carbocycles. The van der Waals surface area contributed by atoms with Crippen molar-refractivity contribution >= 4 is 5.69 Å². The van der Waals surface area contributed by atoms with Crippen LogP contribution >= 0.6 is 0 Å². The first kappa shape index (κ1) is 23.9. The molecule has 3 aromatic rings. The Morgan fingerprint density at radius 3 is 2.25 bits per heavy atom. The van der Waals surface area contributed by atoms with E-state index in [2.05, 4.69) is 98.9 Å². The van der Waals surface area contributed by atoms with Crippen LogP contribution in [0.2, 0.25) is 0 Å². The molecule has 3 rings (SSSR count). The van der Waals surface area contributed by atoms with Crippen molar-refractivity contribution in [1.29, 1.82) is 0 Å². The van der Waals surface area contributed by atoms with Gasteiger partial charge in [0.25, 0.3) is 0 Å². The van der Waals surface area contributed by atoms with Crippen molar-refractivity contribution in [1.82, 2.24) is 0 Å². The van der Waals surface area contributed by atoms with Gasteiger partial charge in [0.05, 0.1) is 12.3 Å². The van der Waals surface area contributed by atoms with Gasteiger partial charge in [-0.2, -0.15) is 0 Å². The summed E-state index contributed by atoms with van der Waals surface area (Å²) in [6.45, 7) is 8.42.